The van der Waals surface area contributed by atoms with Gasteiger partial charge in [0.25, 0.3) is 5.91 Å². The highest BCUT2D eigenvalue weighted by Gasteiger charge is 2.27. The Balaban J connectivity index is 1.67. The minimum atomic E-state index is -0.702. The molecule has 1 aliphatic rings. The molecule has 3 amide bonds. The molecule has 1 aromatic heterocycles. The van der Waals surface area contributed by atoms with Crippen molar-refractivity contribution in [3.05, 3.63) is 35.5 Å². The van der Waals surface area contributed by atoms with Crippen molar-refractivity contribution in [2.24, 2.45) is 5.73 Å². The fourth-order valence-corrected chi connectivity index (χ4v) is 3.68. The van der Waals surface area contributed by atoms with E-state index in [9.17, 15) is 14.4 Å². The summed E-state index contributed by atoms with van der Waals surface area (Å²) >= 11 is 0. The highest BCUT2D eigenvalue weighted by Crippen LogP contribution is 2.31. The molecule has 0 spiro atoms. The van der Waals surface area contributed by atoms with Gasteiger partial charge in [-0.2, -0.15) is 0 Å². The second-order valence-corrected chi connectivity index (χ2v) is 7.33. The number of benzene rings is 1. The molecule has 0 aliphatic carbocycles. The molecule has 10 nitrogen and oxygen atoms in total. The van der Waals surface area contributed by atoms with Crippen molar-refractivity contribution in [3.63, 3.8) is 0 Å². The van der Waals surface area contributed by atoms with Crippen molar-refractivity contribution in [3.8, 4) is 5.75 Å². The number of carbonyl (C=O) groups excluding carboxylic acids is 3. The van der Waals surface area contributed by atoms with E-state index in [0.29, 0.717) is 56.0 Å². The Morgan fingerprint density at radius 2 is 1.66 bits per heavy atom. The number of primary amides is 1. The predicted octanol–water partition coefficient (Wildman–Crippen LogP) is 0.219. The zero-order valence-electron chi connectivity index (χ0n) is 18.3. The van der Waals surface area contributed by atoms with Crippen molar-refractivity contribution < 1.29 is 28.6 Å². The molecule has 1 saturated heterocycles. The van der Waals surface area contributed by atoms with Crippen molar-refractivity contribution in [1.82, 2.24) is 14.8 Å². The Kier molecular flexibility index (Phi) is 7.96. The lowest BCUT2D eigenvalue weighted by molar-refractivity contribution is -0.142. The number of ether oxygens (including phenoxy) is 3. The Hall–Kier alpha value is -3.24. The number of hydrogen-bond acceptors (Lipinski definition) is 7. The van der Waals surface area contributed by atoms with Crippen molar-refractivity contribution in [2.45, 2.75) is 6.42 Å². The van der Waals surface area contributed by atoms with E-state index >= 15 is 0 Å². The highest BCUT2D eigenvalue weighted by atomic mass is 16.5. The lowest BCUT2D eigenvalue weighted by Crippen LogP contribution is -2.51. The summed E-state index contributed by atoms with van der Waals surface area (Å²) in [5, 5.41) is 0.653. The summed E-state index contributed by atoms with van der Waals surface area (Å²) in [6.07, 6.45) is -0.0897. The van der Waals surface area contributed by atoms with Crippen molar-refractivity contribution in [2.75, 3.05) is 60.2 Å². The zero-order chi connectivity index (χ0) is 23.1. The minimum Gasteiger partial charge on any atom is -0.495 e. The van der Waals surface area contributed by atoms with E-state index in [2.05, 4.69) is 4.98 Å². The molecular formula is C22H28N4O6. The summed E-state index contributed by atoms with van der Waals surface area (Å²) in [5.41, 5.74) is 6.60. The first-order valence-corrected chi connectivity index (χ1v) is 10.3. The number of amides is 3. The van der Waals surface area contributed by atoms with Gasteiger partial charge in [0.05, 0.1) is 38.0 Å². The van der Waals surface area contributed by atoms with E-state index < -0.39 is 5.91 Å². The van der Waals surface area contributed by atoms with Crippen LogP contribution in [0.3, 0.4) is 0 Å². The number of piperazine rings is 1. The molecule has 1 aromatic carbocycles. The van der Waals surface area contributed by atoms with Crippen LogP contribution in [0, 0.1) is 0 Å². The van der Waals surface area contributed by atoms with Gasteiger partial charge in [-0.15, -0.1) is 0 Å². The standard InChI is InChI=1S/C22H28N4O6/c1-30-11-12-32-14-19(28)26-9-7-25(8-10-26)18(27)13-17-20(22(23)29)21(31-2)15-5-3-4-6-16(15)24-17/h3-6H,7-14H2,1-2H3,(H2,23,29). The molecule has 2 aromatic rings. The zero-order valence-corrected chi connectivity index (χ0v) is 18.3. The minimum absolute atomic E-state index is 0.0138. The number of para-hydroxylation sites is 1. The third-order valence-corrected chi connectivity index (χ3v) is 5.33. The monoisotopic (exact) mass is 444 g/mol. The second-order valence-electron chi connectivity index (χ2n) is 7.33. The molecular weight excluding hydrogens is 416 g/mol. The normalized spacial score (nSPS) is 13.9. The second kappa shape index (κ2) is 10.9. The maximum atomic E-state index is 12.9. The Morgan fingerprint density at radius 3 is 2.28 bits per heavy atom. The van der Waals surface area contributed by atoms with E-state index in [1.54, 1.807) is 29.0 Å². The molecule has 0 saturated carbocycles. The van der Waals surface area contributed by atoms with E-state index in [-0.39, 0.29) is 36.1 Å². The van der Waals surface area contributed by atoms with E-state index in [1.807, 2.05) is 12.1 Å². The average molecular weight is 444 g/mol. The van der Waals surface area contributed by atoms with Crippen LogP contribution in [0.15, 0.2) is 24.3 Å². The molecule has 10 heteroatoms. The summed E-state index contributed by atoms with van der Waals surface area (Å²) in [6, 6.07) is 7.20. The van der Waals surface area contributed by atoms with E-state index in [4.69, 9.17) is 19.9 Å². The largest absolute Gasteiger partial charge is 0.495 e. The molecule has 3 rings (SSSR count). The summed E-state index contributed by atoms with van der Waals surface area (Å²) in [5.74, 6) is -0.701. The van der Waals surface area contributed by atoms with Gasteiger partial charge < -0.3 is 29.7 Å². The number of nitrogens with zero attached hydrogens (tertiary/aromatic N) is 3. The van der Waals surface area contributed by atoms with Crippen LogP contribution in [0.2, 0.25) is 0 Å². The lowest BCUT2D eigenvalue weighted by Gasteiger charge is -2.34. The van der Waals surface area contributed by atoms with Crippen LogP contribution in [-0.2, 0) is 25.5 Å². The number of methoxy groups -OCH3 is 2. The first-order chi connectivity index (χ1) is 15.5. The number of nitrogens with two attached hydrogens (primary N) is 1. The van der Waals surface area contributed by atoms with Gasteiger partial charge in [-0.3, -0.25) is 19.4 Å². The SMILES string of the molecule is COCCOCC(=O)N1CCN(C(=O)Cc2nc3ccccc3c(OC)c2C(N)=O)CC1. The maximum absolute atomic E-state index is 12.9. The number of hydrogen-bond donors (Lipinski definition) is 1. The molecule has 1 fully saturated rings. The van der Waals surface area contributed by atoms with Gasteiger partial charge >= 0.3 is 0 Å². The van der Waals surface area contributed by atoms with E-state index in [1.165, 1.54) is 7.11 Å². The van der Waals surface area contributed by atoms with Gasteiger partial charge in [-0.05, 0) is 12.1 Å². The fraction of sp³-hybridized carbons (Fsp3) is 0.455. The first-order valence-electron chi connectivity index (χ1n) is 10.3. The third-order valence-electron chi connectivity index (χ3n) is 5.33. The van der Waals surface area contributed by atoms with E-state index in [0.717, 1.165) is 0 Å². The van der Waals surface area contributed by atoms with Gasteiger partial charge in [0.2, 0.25) is 11.8 Å². The fourth-order valence-electron chi connectivity index (χ4n) is 3.68. The molecule has 0 unspecified atom stereocenters. The molecule has 0 radical (unpaired) electrons. The number of carbonyl (C=O) groups is 3. The summed E-state index contributed by atoms with van der Waals surface area (Å²) < 4.78 is 15.6. The van der Waals surface area contributed by atoms with Gasteiger partial charge in [0, 0.05) is 38.7 Å². The summed E-state index contributed by atoms with van der Waals surface area (Å²) in [6.45, 7) is 2.37. The van der Waals surface area contributed by atoms with Crippen molar-refractivity contribution in [1.29, 1.82) is 0 Å². The van der Waals surface area contributed by atoms with Crippen LogP contribution >= 0.6 is 0 Å². The predicted molar refractivity (Wildman–Crippen MR) is 116 cm³/mol. The van der Waals surface area contributed by atoms with Crippen LogP contribution in [0.25, 0.3) is 10.9 Å². The maximum Gasteiger partial charge on any atom is 0.254 e. The molecule has 32 heavy (non-hydrogen) atoms. The lowest BCUT2D eigenvalue weighted by atomic mass is 10.0. The Labute approximate surface area is 186 Å². The topological polar surface area (TPSA) is 124 Å². The van der Waals surface area contributed by atoms with Crippen LogP contribution in [0.4, 0.5) is 0 Å². The smallest absolute Gasteiger partial charge is 0.254 e. The van der Waals surface area contributed by atoms with Gasteiger partial charge in [-0.25, -0.2) is 0 Å². The van der Waals surface area contributed by atoms with Crippen molar-refractivity contribution >= 4 is 28.6 Å². The number of fused-ring (bicyclic) bond motifs is 1. The van der Waals surface area contributed by atoms with Crippen LogP contribution in [-0.4, -0.2) is 92.7 Å². The van der Waals surface area contributed by atoms with Crippen LogP contribution < -0.4 is 10.5 Å². The number of rotatable bonds is 9. The molecule has 1 aliphatic heterocycles. The quantitative estimate of drug-likeness (QED) is 0.549. The highest BCUT2D eigenvalue weighted by molar-refractivity contribution is 6.03. The Bertz CT molecular complexity index is 988. The van der Waals surface area contributed by atoms with Gasteiger partial charge in [0.1, 0.15) is 17.9 Å². The summed E-state index contributed by atoms with van der Waals surface area (Å²) in [4.78, 5) is 45.2. The van der Waals surface area contributed by atoms with Gasteiger partial charge in [-0.1, -0.05) is 12.1 Å². The average Bonchev–Trinajstić information content (AvgIpc) is 2.80. The molecule has 2 heterocycles. The van der Waals surface area contributed by atoms with Crippen LogP contribution in [0.1, 0.15) is 16.1 Å². The number of pyridine rings is 1. The number of aromatic nitrogens is 1. The molecule has 172 valence electrons. The third kappa shape index (κ3) is 5.32. The molecule has 0 bridgehead atoms. The van der Waals surface area contributed by atoms with Crippen LogP contribution in [0.5, 0.6) is 5.75 Å². The first kappa shape index (κ1) is 23.4. The van der Waals surface area contributed by atoms with Gasteiger partial charge in [0.15, 0.2) is 0 Å². The summed E-state index contributed by atoms with van der Waals surface area (Å²) in [7, 11) is 3.02. The molecule has 2 N–H and O–H groups in total. The molecule has 0 atom stereocenters. The Morgan fingerprint density at radius 1 is 1.00 bits per heavy atom.